The second kappa shape index (κ2) is 8.57. The molecule has 32 heavy (non-hydrogen) atoms. The van der Waals surface area contributed by atoms with Gasteiger partial charge in [-0.2, -0.15) is 4.98 Å². The van der Waals surface area contributed by atoms with Gasteiger partial charge in [0, 0.05) is 30.1 Å². The molecule has 1 saturated heterocycles. The van der Waals surface area contributed by atoms with E-state index >= 15 is 0 Å². The van der Waals surface area contributed by atoms with Crippen molar-refractivity contribution in [2.75, 3.05) is 13.1 Å². The van der Waals surface area contributed by atoms with Gasteiger partial charge in [0.1, 0.15) is 11.5 Å². The number of likely N-dealkylation sites (tertiary alicyclic amines) is 1. The lowest BCUT2D eigenvalue weighted by Gasteiger charge is -2.36. The summed E-state index contributed by atoms with van der Waals surface area (Å²) in [7, 11) is 0. The molecule has 1 N–H and O–H groups in total. The number of carbonyl (C=O) groups is 1. The molecule has 0 radical (unpaired) electrons. The number of nitrogens with zero attached hydrogens (tertiary/aromatic N) is 3. The molecule has 162 valence electrons. The number of aryl methyl sites for hydroxylation is 1. The van der Waals surface area contributed by atoms with Crippen LogP contribution in [0.4, 0.5) is 0 Å². The molecule has 0 atom stereocenters. The molecule has 5 rings (SSSR count). The fourth-order valence-electron chi connectivity index (χ4n) is 3.58. The number of aromatic nitrogens is 2. The third kappa shape index (κ3) is 4.28. The van der Waals surface area contributed by atoms with Crippen molar-refractivity contribution in [3.8, 4) is 33.7 Å². The summed E-state index contributed by atoms with van der Waals surface area (Å²) in [5.41, 5.74) is 1.97. The Balaban J connectivity index is 1.26. The number of hydrogen-bond acceptors (Lipinski definition) is 7. The van der Waals surface area contributed by atoms with Gasteiger partial charge in [0.2, 0.25) is 5.82 Å². The van der Waals surface area contributed by atoms with Gasteiger partial charge in [-0.3, -0.25) is 9.69 Å². The van der Waals surface area contributed by atoms with Gasteiger partial charge in [0.05, 0.1) is 10.8 Å². The van der Waals surface area contributed by atoms with Gasteiger partial charge in [-0.15, -0.1) is 11.3 Å². The lowest BCUT2D eigenvalue weighted by atomic mass is 10.0. The van der Waals surface area contributed by atoms with Crippen molar-refractivity contribution < 1.29 is 19.2 Å². The molecule has 0 unspecified atom stereocenters. The van der Waals surface area contributed by atoms with Gasteiger partial charge in [-0.25, -0.2) is 0 Å². The Hall–Kier alpha value is -3.49. The van der Waals surface area contributed by atoms with E-state index in [1.165, 1.54) is 4.88 Å². The average molecular weight is 448 g/mol. The molecule has 4 aromatic rings. The summed E-state index contributed by atoms with van der Waals surface area (Å²) >= 11 is 1.62. The SMILES string of the molecule is Cc1cc(-c2noc(-c3ccc(Oc4ccccc4)cc3)n2)sc1CN1CC(C(=O)O)C1. The van der Waals surface area contributed by atoms with Gasteiger partial charge in [-0.05, 0) is 55.0 Å². The van der Waals surface area contributed by atoms with Crippen LogP contribution < -0.4 is 4.74 Å². The molecule has 2 aromatic carbocycles. The van der Waals surface area contributed by atoms with Gasteiger partial charge < -0.3 is 14.4 Å². The van der Waals surface area contributed by atoms with Crippen LogP contribution in [0.15, 0.2) is 65.2 Å². The van der Waals surface area contributed by atoms with Crippen molar-refractivity contribution in [3.05, 3.63) is 71.1 Å². The number of rotatable bonds is 7. The zero-order valence-corrected chi connectivity index (χ0v) is 18.2. The predicted molar refractivity (Wildman–Crippen MR) is 121 cm³/mol. The van der Waals surface area contributed by atoms with Crippen LogP contribution in [0.1, 0.15) is 10.4 Å². The topological polar surface area (TPSA) is 88.7 Å². The Bertz CT molecular complexity index is 1230. The summed E-state index contributed by atoms with van der Waals surface area (Å²) < 4.78 is 11.3. The minimum absolute atomic E-state index is 0.251. The second-order valence-electron chi connectivity index (χ2n) is 7.81. The van der Waals surface area contributed by atoms with Crippen LogP contribution in [0.5, 0.6) is 11.5 Å². The summed E-state index contributed by atoms with van der Waals surface area (Å²) in [6.45, 7) is 3.99. The quantitative estimate of drug-likeness (QED) is 0.422. The van der Waals surface area contributed by atoms with Gasteiger partial charge in [0.25, 0.3) is 5.89 Å². The minimum atomic E-state index is -0.719. The number of benzene rings is 2. The van der Waals surface area contributed by atoms with Crippen molar-refractivity contribution in [1.29, 1.82) is 0 Å². The van der Waals surface area contributed by atoms with Crippen molar-refractivity contribution >= 4 is 17.3 Å². The minimum Gasteiger partial charge on any atom is -0.481 e. The largest absolute Gasteiger partial charge is 0.481 e. The van der Waals surface area contributed by atoms with E-state index in [-0.39, 0.29) is 5.92 Å². The molecule has 0 spiro atoms. The second-order valence-corrected chi connectivity index (χ2v) is 8.95. The molecule has 0 bridgehead atoms. The maximum absolute atomic E-state index is 11.0. The van der Waals surface area contributed by atoms with Crippen LogP contribution in [-0.4, -0.2) is 39.2 Å². The van der Waals surface area contributed by atoms with E-state index in [0.717, 1.165) is 34.0 Å². The maximum Gasteiger partial charge on any atom is 0.309 e. The normalized spacial score (nSPS) is 14.3. The lowest BCUT2D eigenvalue weighted by Crippen LogP contribution is -2.49. The van der Waals surface area contributed by atoms with E-state index in [4.69, 9.17) is 14.4 Å². The number of aliphatic carboxylic acids is 1. The smallest absolute Gasteiger partial charge is 0.309 e. The standard InChI is InChI=1S/C24H21N3O4S/c1-15-11-20(32-21(15)14-27-12-17(13-27)24(28)29)22-25-23(31-26-22)16-7-9-19(10-8-16)30-18-5-3-2-4-6-18/h2-11,17H,12-14H2,1H3,(H,28,29). The first-order chi connectivity index (χ1) is 15.5. The number of ether oxygens (including phenoxy) is 1. The van der Waals surface area contributed by atoms with Crippen LogP contribution in [-0.2, 0) is 11.3 Å². The highest BCUT2D eigenvalue weighted by atomic mass is 32.1. The lowest BCUT2D eigenvalue weighted by molar-refractivity contribution is -0.147. The number of hydrogen-bond donors (Lipinski definition) is 1. The van der Waals surface area contributed by atoms with Gasteiger partial charge in [0.15, 0.2) is 0 Å². The van der Waals surface area contributed by atoms with Crippen molar-refractivity contribution in [3.63, 3.8) is 0 Å². The molecule has 8 heteroatoms. The van der Waals surface area contributed by atoms with Crippen LogP contribution >= 0.6 is 11.3 Å². The molecule has 0 aliphatic carbocycles. The summed E-state index contributed by atoms with van der Waals surface area (Å²) in [5.74, 6) is 1.54. The first-order valence-corrected chi connectivity index (χ1v) is 11.1. The van der Waals surface area contributed by atoms with E-state index in [1.54, 1.807) is 11.3 Å². The third-order valence-corrected chi connectivity index (χ3v) is 6.64. The molecule has 1 aliphatic rings. The predicted octanol–water partition coefficient (Wildman–Crippen LogP) is 5.08. The Kier molecular flexibility index (Phi) is 5.46. The number of para-hydroxylation sites is 1. The molecule has 3 heterocycles. The van der Waals surface area contributed by atoms with E-state index in [0.29, 0.717) is 24.8 Å². The highest BCUT2D eigenvalue weighted by molar-refractivity contribution is 7.15. The third-order valence-electron chi connectivity index (χ3n) is 5.42. The van der Waals surface area contributed by atoms with Crippen molar-refractivity contribution in [2.45, 2.75) is 13.5 Å². The number of carboxylic acids is 1. The monoisotopic (exact) mass is 447 g/mol. The Labute approximate surface area is 188 Å². The van der Waals surface area contributed by atoms with Crippen LogP contribution in [0, 0.1) is 12.8 Å². The first-order valence-electron chi connectivity index (χ1n) is 10.3. The number of thiophene rings is 1. The molecular weight excluding hydrogens is 426 g/mol. The molecule has 1 fully saturated rings. The zero-order valence-electron chi connectivity index (χ0n) is 17.4. The maximum atomic E-state index is 11.0. The van der Waals surface area contributed by atoms with E-state index in [2.05, 4.69) is 28.0 Å². The molecule has 1 aliphatic heterocycles. The molecular formula is C24H21N3O4S. The highest BCUT2D eigenvalue weighted by Gasteiger charge is 2.32. The fourth-order valence-corrected chi connectivity index (χ4v) is 4.72. The Morgan fingerprint density at radius 2 is 1.88 bits per heavy atom. The van der Waals surface area contributed by atoms with Gasteiger partial charge >= 0.3 is 5.97 Å². The zero-order chi connectivity index (χ0) is 22.1. The summed E-state index contributed by atoms with van der Waals surface area (Å²) in [6, 6.07) is 19.2. The van der Waals surface area contributed by atoms with E-state index < -0.39 is 5.97 Å². The Morgan fingerprint density at radius 1 is 1.16 bits per heavy atom. The van der Waals surface area contributed by atoms with Crippen LogP contribution in [0.2, 0.25) is 0 Å². The Morgan fingerprint density at radius 3 is 2.59 bits per heavy atom. The number of carboxylic acid groups (broad SMARTS) is 1. The van der Waals surface area contributed by atoms with Crippen molar-refractivity contribution in [1.82, 2.24) is 15.0 Å². The van der Waals surface area contributed by atoms with Crippen LogP contribution in [0.3, 0.4) is 0 Å². The summed E-state index contributed by atoms with van der Waals surface area (Å²) in [6.07, 6.45) is 0. The van der Waals surface area contributed by atoms with E-state index in [1.807, 2.05) is 54.6 Å². The fraction of sp³-hybridized carbons (Fsp3) is 0.208. The average Bonchev–Trinajstić information content (AvgIpc) is 3.38. The van der Waals surface area contributed by atoms with E-state index in [9.17, 15) is 4.79 Å². The molecule has 2 aromatic heterocycles. The van der Waals surface area contributed by atoms with Crippen LogP contribution in [0.25, 0.3) is 22.2 Å². The summed E-state index contributed by atoms with van der Waals surface area (Å²) in [5, 5.41) is 13.2. The van der Waals surface area contributed by atoms with Gasteiger partial charge in [-0.1, -0.05) is 23.4 Å². The first kappa shape index (κ1) is 20.4. The molecule has 0 amide bonds. The highest BCUT2D eigenvalue weighted by Crippen LogP contribution is 2.33. The van der Waals surface area contributed by atoms with Crippen molar-refractivity contribution in [2.24, 2.45) is 5.92 Å². The summed E-state index contributed by atoms with van der Waals surface area (Å²) in [4.78, 5) is 19.8. The molecule has 0 saturated carbocycles. The molecule has 7 nitrogen and oxygen atoms in total.